The van der Waals surface area contributed by atoms with Gasteiger partial charge in [-0.15, -0.1) is 0 Å². The highest BCUT2D eigenvalue weighted by molar-refractivity contribution is 5.62. The van der Waals surface area contributed by atoms with E-state index >= 15 is 0 Å². The maximum Gasteiger partial charge on any atom is 0.161 e. The highest BCUT2D eigenvalue weighted by Crippen LogP contribution is 2.40. The van der Waals surface area contributed by atoms with Crippen LogP contribution in [0, 0.1) is 0 Å². The van der Waals surface area contributed by atoms with Gasteiger partial charge in [-0.1, -0.05) is 0 Å². The van der Waals surface area contributed by atoms with E-state index in [-0.39, 0.29) is 5.75 Å². The summed E-state index contributed by atoms with van der Waals surface area (Å²) >= 11 is 0. The van der Waals surface area contributed by atoms with Gasteiger partial charge in [-0.05, 0) is 31.0 Å². The molecule has 0 bridgehead atoms. The Morgan fingerprint density at radius 3 is 2.75 bits per heavy atom. The minimum Gasteiger partial charge on any atom is -0.504 e. The Morgan fingerprint density at radius 1 is 1.30 bits per heavy atom. The molecule has 20 heavy (non-hydrogen) atoms. The highest BCUT2D eigenvalue weighted by Gasteiger charge is 2.26. The lowest BCUT2D eigenvalue weighted by Crippen LogP contribution is -2.10. The predicted octanol–water partition coefficient (Wildman–Crippen LogP) is 2.02. The quantitative estimate of drug-likeness (QED) is 0.582. The maximum atomic E-state index is 9.64. The molecule has 0 atom stereocenters. The van der Waals surface area contributed by atoms with E-state index in [1.807, 2.05) is 6.07 Å². The molecular formula is C14H16N4O2. The summed E-state index contributed by atoms with van der Waals surface area (Å²) < 4.78 is 5.11. The van der Waals surface area contributed by atoms with Gasteiger partial charge in [0.2, 0.25) is 0 Å². The number of methoxy groups -OCH3 is 1. The summed E-state index contributed by atoms with van der Waals surface area (Å²) in [5.74, 6) is 7.60. The second-order valence-electron chi connectivity index (χ2n) is 4.81. The van der Waals surface area contributed by atoms with Crippen molar-refractivity contribution in [3.63, 3.8) is 0 Å². The third-order valence-corrected chi connectivity index (χ3v) is 3.33. The summed E-state index contributed by atoms with van der Waals surface area (Å²) in [5.41, 5.74) is 4.34. The third-order valence-electron chi connectivity index (χ3n) is 3.33. The van der Waals surface area contributed by atoms with Crippen LogP contribution in [0.15, 0.2) is 24.3 Å². The zero-order valence-electron chi connectivity index (χ0n) is 11.1. The van der Waals surface area contributed by atoms with Crippen molar-refractivity contribution in [2.45, 2.75) is 18.8 Å². The van der Waals surface area contributed by atoms with Gasteiger partial charge in [0.1, 0.15) is 5.82 Å². The fourth-order valence-electron chi connectivity index (χ4n) is 2.07. The van der Waals surface area contributed by atoms with Crippen molar-refractivity contribution in [2.75, 3.05) is 12.5 Å². The molecule has 1 aromatic heterocycles. The van der Waals surface area contributed by atoms with Gasteiger partial charge in [0.15, 0.2) is 17.3 Å². The predicted molar refractivity (Wildman–Crippen MR) is 75.5 cm³/mol. The molecule has 1 aromatic carbocycles. The molecule has 0 spiro atoms. The summed E-state index contributed by atoms with van der Waals surface area (Å²) in [6.45, 7) is 0. The first-order chi connectivity index (χ1) is 9.71. The molecule has 0 amide bonds. The molecule has 0 unspecified atom stereocenters. The lowest BCUT2D eigenvalue weighted by atomic mass is 10.1. The molecular weight excluding hydrogens is 256 g/mol. The number of phenols is 1. The number of nitrogens with two attached hydrogens (primary N) is 1. The molecule has 0 saturated heterocycles. The zero-order chi connectivity index (χ0) is 14.1. The summed E-state index contributed by atoms with van der Waals surface area (Å²) in [4.78, 5) is 8.93. The molecule has 4 N–H and O–H groups in total. The molecule has 2 aromatic rings. The normalized spacial score (nSPS) is 14.1. The first kappa shape index (κ1) is 12.7. The van der Waals surface area contributed by atoms with Crippen LogP contribution in [0.2, 0.25) is 0 Å². The first-order valence-electron chi connectivity index (χ1n) is 6.44. The summed E-state index contributed by atoms with van der Waals surface area (Å²) in [6, 6.07) is 6.90. The topological polar surface area (TPSA) is 93.3 Å². The van der Waals surface area contributed by atoms with Crippen LogP contribution in [-0.2, 0) is 0 Å². The Hall–Kier alpha value is -2.34. The molecule has 1 fully saturated rings. The standard InChI is InChI=1S/C14H16N4O2/c1-20-12-6-9(4-5-11(12)19)14-16-10(8-2-3-8)7-13(17-14)18-15/h4-8,19H,2-3,15H2,1H3,(H,16,17,18). The summed E-state index contributed by atoms with van der Waals surface area (Å²) in [5, 5.41) is 9.64. The molecule has 1 heterocycles. The molecule has 1 aliphatic carbocycles. The fourth-order valence-corrected chi connectivity index (χ4v) is 2.07. The van der Waals surface area contributed by atoms with Crippen molar-refractivity contribution in [2.24, 2.45) is 5.84 Å². The number of phenolic OH excluding ortho intramolecular Hbond substituents is 1. The van der Waals surface area contributed by atoms with Gasteiger partial charge in [0.05, 0.1) is 7.11 Å². The van der Waals surface area contributed by atoms with Crippen molar-refractivity contribution in [3.05, 3.63) is 30.0 Å². The fraction of sp³-hybridized carbons (Fsp3) is 0.286. The van der Waals surface area contributed by atoms with Crippen LogP contribution in [0.4, 0.5) is 5.82 Å². The molecule has 0 radical (unpaired) electrons. The molecule has 104 valence electrons. The Labute approximate surface area is 116 Å². The summed E-state index contributed by atoms with van der Waals surface area (Å²) in [6.07, 6.45) is 2.30. The molecule has 3 rings (SSSR count). The number of nitrogens with one attached hydrogen (secondary N) is 1. The van der Waals surface area contributed by atoms with Gasteiger partial charge in [0.25, 0.3) is 0 Å². The van der Waals surface area contributed by atoms with Gasteiger partial charge in [-0.25, -0.2) is 15.8 Å². The monoisotopic (exact) mass is 272 g/mol. The number of ether oxygens (including phenoxy) is 1. The van der Waals surface area contributed by atoms with Gasteiger partial charge in [0, 0.05) is 23.2 Å². The molecule has 6 nitrogen and oxygen atoms in total. The van der Waals surface area contributed by atoms with E-state index in [4.69, 9.17) is 10.6 Å². The molecule has 1 aliphatic rings. The number of rotatable bonds is 4. The number of hydrogen-bond donors (Lipinski definition) is 3. The van der Waals surface area contributed by atoms with E-state index in [9.17, 15) is 5.11 Å². The second kappa shape index (κ2) is 4.97. The van der Waals surface area contributed by atoms with Gasteiger partial charge >= 0.3 is 0 Å². The molecule has 1 saturated carbocycles. The van der Waals surface area contributed by atoms with Crippen LogP contribution in [0.1, 0.15) is 24.5 Å². The van der Waals surface area contributed by atoms with E-state index in [1.165, 1.54) is 7.11 Å². The minimum absolute atomic E-state index is 0.0896. The maximum absolute atomic E-state index is 9.64. The minimum atomic E-state index is 0.0896. The Balaban J connectivity index is 2.06. The first-order valence-corrected chi connectivity index (χ1v) is 6.44. The number of aromatic hydroxyl groups is 1. The molecule has 6 heteroatoms. The zero-order valence-corrected chi connectivity index (χ0v) is 11.1. The smallest absolute Gasteiger partial charge is 0.161 e. The number of aromatic nitrogens is 2. The van der Waals surface area contributed by atoms with E-state index in [0.717, 1.165) is 24.1 Å². The highest BCUT2D eigenvalue weighted by atomic mass is 16.5. The van der Waals surface area contributed by atoms with E-state index in [2.05, 4.69) is 15.4 Å². The van der Waals surface area contributed by atoms with Crippen molar-refractivity contribution >= 4 is 5.82 Å². The van der Waals surface area contributed by atoms with Crippen LogP contribution < -0.4 is 16.0 Å². The number of benzene rings is 1. The lowest BCUT2D eigenvalue weighted by molar-refractivity contribution is 0.373. The Kier molecular flexibility index (Phi) is 3.15. The van der Waals surface area contributed by atoms with Crippen LogP contribution in [0.25, 0.3) is 11.4 Å². The number of hydrogen-bond acceptors (Lipinski definition) is 6. The average Bonchev–Trinajstić information content (AvgIpc) is 3.32. The average molecular weight is 272 g/mol. The van der Waals surface area contributed by atoms with Crippen molar-refractivity contribution in [1.82, 2.24) is 9.97 Å². The second-order valence-corrected chi connectivity index (χ2v) is 4.81. The molecule has 0 aliphatic heterocycles. The number of anilines is 1. The Morgan fingerprint density at radius 2 is 2.10 bits per heavy atom. The van der Waals surface area contributed by atoms with Gasteiger partial charge in [-0.3, -0.25) is 0 Å². The van der Waals surface area contributed by atoms with E-state index in [1.54, 1.807) is 18.2 Å². The number of nitrogen functional groups attached to an aromatic ring is 1. The summed E-state index contributed by atoms with van der Waals surface area (Å²) in [7, 11) is 1.51. The van der Waals surface area contributed by atoms with Crippen LogP contribution in [0.3, 0.4) is 0 Å². The van der Waals surface area contributed by atoms with Gasteiger partial charge in [-0.2, -0.15) is 0 Å². The van der Waals surface area contributed by atoms with Crippen molar-refractivity contribution in [3.8, 4) is 22.9 Å². The number of hydrazine groups is 1. The van der Waals surface area contributed by atoms with Crippen LogP contribution in [-0.4, -0.2) is 22.2 Å². The SMILES string of the molecule is COc1cc(-c2nc(NN)cc(C3CC3)n2)ccc1O. The Bertz CT molecular complexity index is 641. The van der Waals surface area contributed by atoms with Crippen LogP contribution in [0.5, 0.6) is 11.5 Å². The van der Waals surface area contributed by atoms with E-state index < -0.39 is 0 Å². The van der Waals surface area contributed by atoms with Crippen molar-refractivity contribution in [1.29, 1.82) is 0 Å². The largest absolute Gasteiger partial charge is 0.504 e. The van der Waals surface area contributed by atoms with Crippen molar-refractivity contribution < 1.29 is 9.84 Å². The third kappa shape index (κ3) is 2.37. The van der Waals surface area contributed by atoms with Crippen LogP contribution >= 0.6 is 0 Å². The van der Waals surface area contributed by atoms with Gasteiger partial charge < -0.3 is 15.3 Å². The lowest BCUT2D eigenvalue weighted by Gasteiger charge is -2.09. The van der Waals surface area contributed by atoms with E-state index in [0.29, 0.717) is 23.3 Å². The number of nitrogens with zero attached hydrogens (tertiary/aromatic N) is 2.